The van der Waals surface area contributed by atoms with Crippen molar-refractivity contribution in [3.05, 3.63) is 16.8 Å². The second-order valence-electron chi connectivity index (χ2n) is 6.58. The van der Waals surface area contributed by atoms with Crippen molar-refractivity contribution in [2.45, 2.75) is 6.18 Å². The van der Waals surface area contributed by atoms with Crippen molar-refractivity contribution in [3.8, 4) is 0 Å². The molecule has 2 amide bonds. The molecule has 0 radical (unpaired) electrons. The maximum absolute atomic E-state index is 12.5. The number of amides is 2. The molecule has 2 aliphatic heterocycles. The number of carbonyl (C=O) groups excluding carboxylic acids is 2. The number of likely N-dealkylation sites (N-methyl/N-ethyl adjacent to an activating group) is 1. The fourth-order valence-corrected chi connectivity index (χ4v) is 3.70. The molecule has 150 valence electrons. The zero-order valence-electron chi connectivity index (χ0n) is 14.8. The zero-order valence-corrected chi connectivity index (χ0v) is 15.6. The molecule has 1 aromatic heterocycles. The van der Waals surface area contributed by atoms with E-state index in [1.807, 2.05) is 21.7 Å². The smallest absolute Gasteiger partial charge is 0.475 e. The molecule has 27 heavy (non-hydrogen) atoms. The van der Waals surface area contributed by atoms with E-state index < -0.39 is 12.1 Å². The molecule has 2 saturated heterocycles. The number of halogens is 3. The highest BCUT2D eigenvalue weighted by Gasteiger charge is 2.46. The van der Waals surface area contributed by atoms with Crippen LogP contribution in [0.2, 0.25) is 0 Å². The standard InChI is InChI=1S/C14H19N3O2S.C2HF3O2/c1-15(2)13(18)8-16-5-10-6-17(11-3-4-20-9-11)14(19)12(10)7-16;3-2(4,5)1(6)7/h3-4,9-10,12H,5-8H2,1-2H3;(H,6,7)/t10-,12-;/m0./s1. The lowest BCUT2D eigenvalue weighted by atomic mass is 10.0. The lowest BCUT2D eigenvalue weighted by Gasteiger charge is -2.21. The minimum atomic E-state index is -5.08. The number of alkyl halides is 3. The van der Waals surface area contributed by atoms with Gasteiger partial charge >= 0.3 is 12.1 Å². The van der Waals surface area contributed by atoms with E-state index in [1.165, 1.54) is 0 Å². The maximum Gasteiger partial charge on any atom is 0.490 e. The Morgan fingerprint density at radius 2 is 1.93 bits per heavy atom. The van der Waals surface area contributed by atoms with Gasteiger partial charge in [0.05, 0.1) is 18.2 Å². The number of fused-ring (bicyclic) bond motifs is 1. The molecule has 0 aliphatic carbocycles. The van der Waals surface area contributed by atoms with Gasteiger partial charge < -0.3 is 14.9 Å². The van der Waals surface area contributed by atoms with E-state index in [2.05, 4.69) is 4.90 Å². The van der Waals surface area contributed by atoms with E-state index >= 15 is 0 Å². The van der Waals surface area contributed by atoms with E-state index in [1.54, 1.807) is 30.3 Å². The molecule has 1 N–H and O–H groups in total. The van der Waals surface area contributed by atoms with Gasteiger partial charge in [0.2, 0.25) is 11.8 Å². The molecular weight excluding hydrogens is 387 g/mol. The van der Waals surface area contributed by atoms with Crippen molar-refractivity contribution < 1.29 is 32.7 Å². The van der Waals surface area contributed by atoms with Crippen LogP contribution in [-0.4, -0.2) is 79.1 Å². The highest BCUT2D eigenvalue weighted by atomic mass is 32.1. The monoisotopic (exact) mass is 407 g/mol. The van der Waals surface area contributed by atoms with Crippen LogP contribution in [-0.2, 0) is 14.4 Å². The lowest BCUT2D eigenvalue weighted by molar-refractivity contribution is -0.192. The van der Waals surface area contributed by atoms with Crippen LogP contribution >= 0.6 is 11.3 Å². The van der Waals surface area contributed by atoms with Gasteiger partial charge in [-0.25, -0.2) is 4.79 Å². The Morgan fingerprint density at radius 3 is 2.37 bits per heavy atom. The quantitative estimate of drug-likeness (QED) is 0.819. The number of carboxylic acids is 1. The van der Waals surface area contributed by atoms with Gasteiger partial charge in [-0.15, -0.1) is 0 Å². The van der Waals surface area contributed by atoms with E-state index in [-0.39, 0.29) is 17.7 Å². The number of nitrogens with zero attached hydrogens (tertiary/aromatic N) is 3. The number of carboxylic acid groups (broad SMARTS) is 1. The van der Waals surface area contributed by atoms with Crippen LogP contribution < -0.4 is 4.90 Å². The van der Waals surface area contributed by atoms with Crippen LogP contribution in [0.15, 0.2) is 16.8 Å². The first-order valence-electron chi connectivity index (χ1n) is 8.07. The Labute approximate surface area is 158 Å². The van der Waals surface area contributed by atoms with Crippen molar-refractivity contribution in [2.75, 3.05) is 45.2 Å². The van der Waals surface area contributed by atoms with Gasteiger partial charge in [0.15, 0.2) is 0 Å². The molecule has 0 unspecified atom stereocenters. The molecular formula is C16H20F3N3O4S. The van der Waals surface area contributed by atoms with Crippen LogP contribution in [0.4, 0.5) is 18.9 Å². The summed E-state index contributed by atoms with van der Waals surface area (Å²) in [5.41, 5.74) is 1.02. The fourth-order valence-electron chi connectivity index (χ4n) is 3.06. The summed E-state index contributed by atoms with van der Waals surface area (Å²) in [6, 6.07) is 2.00. The summed E-state index contributed by atoms with van der Waals surface area (Å²) < 4.78 is 31.7. The number of hydrogen-bond acceptors (Lipinski definition) is 5. The molecule has 3 heterocycles. The summed E-state index contributed by atoms with van der Waals surface area (Å²) in [4.78, 5) is 38.7. The van der Waals surface area contributed by atoms with E-state index in [4.69, 9.17) is 9.90 Å². The average Bonchev–Trinajstić information content (AvgIpc) is 3.25. The van der Waals surface area contributed by atoms with Gasteiger partial charge in [0.25, 0.3) is 0 Å². The van der Waals surface area contributed by atoms with Crippen LogP contribution in [0.3, 0.4) is 0 Å². The minimum Gasteiger partial charge on any atom is -0.475 e. The number of carbonyl (C=O) groups is 3. The first-order chi connectivity index (χ1) is 12.5. The number of likely N-dealkylation sites (tertiary alicyclic amines) is 1. The topological polar surface area (TPSA) is 81.2 Å². The lowest BCUT2D eigenvalue weighted by Crippen LogP contribution is -2.38. The Kier molecular flexibility index (Phi) is 6.47. The first kappa shape index (κ1) is 21.2. The number of anilines is 1. The zero-order chi connectivity index (χ0) is 20.4. The Hall–Kier alpha value is -2.14. The van der Waals surface area contributed by atoms with E-state index in [9.17, 15) is 22.8 Å². The second kappa shape index (κ2) is 8.26. The Balaban J connectivity index is 0.000000321. The van der Waals surface area contributed by atoms with Gasteiger partial charge in [0, 0.05) is 45.0 Å². The van der Waals surface area contributed by atoms with E-state index in [0.717, 1.165) is 18.8 Å². The third-order valence-electron chi connectivity index (χ3n) is 4.43. The van der Waals surface area contributed by atoms with Crippen molar-refractivity contribution >= 4 is 34.8 Å². The third-order valence-corrected chi connectivity index (χ3v) is 5.11. The fraction of sp³-hybridized carbons (Fsp3) is 0.562. The molecule has 3 rings (SSSR count). The second-order valence-corrected chi connectivity index (χ2v) is 7.36. The average molecular weight is 407 g/mol. The predicted octanol–water partition coefficient (Wildman–Crippen LogP) is 1.36. The maximum atomic E-state index is 12.5. The molecule has 7 nitrogen and oxygen atoms in total. The van der Waals surface area contributed by atoms with E-state index in [0.29, 0.717) is 19.0 Å². The summed E-state index contributed by atoms with van der Waals surface area (Å²) in [5.74, 6) is -2.02. The van der Waals surface area contributed by atoms with Crippen LogP contribution in [0.5, 0.6) is 0 Å². The van der Waals surface area contributed by atoms with Gasteiger partial charge in [-0.2, -0.15) is 24.5 Å². The van der Waals surface area contributed by atoms with Gasteiger partial charge in [-0.1, -0.05) is 0 Å². The van der Waals surface area contributed by atoms with Crippen molar-refractivity contribution in [2.24, 2.45) is 11.8 Å². The number of hydrogen-bond donors (Lipinski definition) is 1. The molecule has 0 saturated carbocycles. The van der Waals surface area contributed by atoms with Gasteiger partial charge in [0.1, 0.15) is 0 Å². The molecule has 1 aromatic rings. The summed E-state index contributed by atoms with van der Waals surface area (Å²) in [6.07, 6.45) is -5.08. The summed E-state index contributed by atoms with van der Waals surface area (Å²) >= 11 is 1.61. The Morgan fingerprint density at radius 1 is 1.30 bits per heavy atom. The SMILES string of the molecule is CN(C)C(=O)CN1C[C@H]2CN(c3ccsc3)C(=O)[C@H]2C1.O=C(O)C(F)(F)F. The summed E-state index contributed by atoms with van der Waals surface area (Å²) in [5, 5.41) is 11.1. The molecule has 0 bridgehead atoms. The number of thiophene rings is 1. The van der Waals surface area contributed by atoms with Crippen molar-refractivity contribution in [1.82, 2.24) is 9.80 Å². The third kappa shape index (κ3) is 5.19. The molecule has 2 atom stereocenters. The number of rotatable bonds is 3. The highest BCUT2D eigenvalue weighted by Crippen LogP contribution is 2.35. The molecule has 2 fully saturated rings. The van der Waals surface area contributed by atoms with Gasteiger partial charge in [-0.3, -0.25) is 14.5 Å². The van der Waals surface area contributed by atoms with Crippen molar-refractivity contribution in [3.63, 3.8) is 0 Å². The molecule has 0 aromatic carbocycles. The van der Waals surface area contributed by atoms with Crippen LogP contribution in [0.1, 0.15) is 0 Å². The van der Waals surface area contributed by atoms with Crippen LogP contribution in [0.25, 0.3) is 0 Å². The molecule has 0 spiro atoms. The predicted molar refractivity (Wildman–Crippen MR) is 92.5 cm³/mol. The van der Waals surface area contributed by atoms with Gasteiger partial charge in [-0.05, 0) is 11.4 Å². The Bertz CT molecular complexity index is 694. The largest absolute Gasteiger partial charge is 0.490 e. The summed E-state index contributed by atoms with van der Waals surface area (Å²) in [6.45, 7) is 2.76. The summed E-state index contributed by atoms with van der Waals surface area (Å²) in [7, 11) is 3.53. The van der Waals surface area contributed by atoms with Crippen molar-refractivity contribution in [1.29, 1.82) is 0 Å². The first-order valence-corrected chi connectivity index (χ1v) is 9.01. The normalized spacial score (nSPS) is 22.3. The van der Waals surface area contributed by atoms with Crippen LogP contribution in [0, 0.1) is 11.8 Å². The molecule has 11 heteroatoms. The number of aliphatic carboxylic acids is 1. The highest BCUT2D eigenvalue weighted by molar-refractivity contribution is 7.08. The molecule has 2 aliphatic rings. The minimum absolute atomic E-state index is 0.0601.